The number of carbonyl (C=O) groups is 2. The number of aromatic nitrogens is 1. The lowest BCUT2D eigenvalue weighted by Crippen LogP contribution is -2.36. The molecule has 4 rings (SSSR count). The molecule has 1 aliphatic rings. The van der Waals surface area contributed by atoms with Crippen LogP contribution in [0.3, 0.4) is 0 Å². The maximum Gasteiger partial charge on any atom is 0.272 e. The number of hydrogen-bond acceptors (Lipinski definition) is 2. The topological polar surface area (TPSA) is 74.0 Å². The maximum atomic E-state index is 12.7. The number of amides is 2. The predicted molar refractivity (Wildman–Crippen MR) is 117 cm³/mol. The van der Waals surface area contributed by atoms with Crippen LogP contribution in [0.25, 0.3) is 10.9 Å². The summed E-state index contributed by atoms with van der Waals surface area (Å²) in [5.41, 5.74) is 3.41. The molecule has 1 aromatic heterocycles. The van der Waals surface area contributed by atoms with Crippen molar-refractivity contribution in [2.45, 2.75) is 45.1 Å². The molecular formula is C23H24ClN3O2. The molecule has 0 saturated heterocycles. The van der Waals surface area contributed by atoms with E-state index in [-0.39, 0.29) is 17.9 Å². The van der Waals surface area contributed by atoms with Gasteiger partial charge in [0.15, 0.2) is 0 Å². The second kappa shape index (κ2) is 8.29. The van der Waals surface area contributed by atoms with Crippen LogP contribution in [-0.4, -0.2) is 22.8 Å². The van der Waals surface area contributed by atoms with E-state index in [0.717, 1.165) is 42.1 Å². The molecule has 29 heavy (non-hydrogen) atoms. The first kappa shape index (κ1) is 19.5. The van der Waals surface area contributed by atoms with Crippen molar-refractivity contribution in [3.05, 3.63) is 64.3 Å². The van der Waals surface area contributed by atoms with E-state index in [2.05, 4.69) is 15.6 Å². The van der Waals surface area contributed by atoms with E-state index in [9.17, 15) is 9.59 Å². The van der Waals surface area contributed by atoms with Gasteiger partial charge in [-0.15, -0.1) is 0 Å². The zero-order chi connectivity index (χ0) is 20.4. The van der Waals surface area contributed by atoms with Crippen LogP contribution < -0.4 is 10.6 Å². The van der Waals surface area contributed by atoms with Crippen molar-refractivity contribution in [3.63, 3.8) is 0 Å². The van der Waals surface area contributed by atoms with Gasteiger partial charge in [-0.3, -0.25) is 9.59 Å². The van der Waals surface area contributed by atoms with Gasteiger partial charge in [0, 0.05) is 22.6 Å². The maximum absolute atomic E-state index is 12.7. The van der Waals surface area contributed by atoms with Gasteiger partial charge >= 0.3 is 0 Å². The highest BCUT2D eigenvalue weighted by Gasteiger charge is 2.19. The first-order valence-electron chi connectivity index (χ1n) is 10.0. The van der Waals surface area contributed by atoms with Gasteiger partial charge in [0.1, 0.15) is 5.69 Å². The molecule has 0 bridgehead atoms. The molecule has 1 aliphatic carbocycles. The van der Waals surface area contributed by atoms with Crippen LogP contribution in [0.1, 0.15) is 58.5 Å². The van der Waals surface area contributed by atoms with Gasteiger partial charge in [-0.1, -0.05) is 43.0 Å². The Bertz CT molecular complexity index is 1070. The number of benzene rings is 2. The summed E-state index contributed by atoms with van der Waals surface area (Å²) in [6.45, 7) is 2.01. The number of carbonyl (C=O) groups excluding carboxylic acids is 2. The van der Waals surface area contributed by atoms with Gasteiger partial charge in [0.05, 0.1) is 10.6 Å². The van der Waals surface area contributed by atoms with Crippen LogP contribution in [0.15, 0.2) is 42.5 Å². The second-order valence-electron chi connectivity index (χ2n) is 7.73. The number of fused-ring (bicyclic) bond motifs is 1. The number of hydrogen-bond donors (Lipinski definition) is 3. The number of aromatic amines is 1. The number of halogens is 1. The van der Waals surface area contributed by atoms with Crippen molar-refractivity contribution in [2.75, 3.05) is 5.32 Å². The molecule has 1 saturated carbocycles. The number of rotatable bonds is 4. The molecule has 3 N–H and O–H groups in total. The normalized spacial score (nSPS) is 14.7. The lowest BCUT2D eigenvalue weighted by Gasteiger charge is -2.23. The fraction of sp³-hybridized carbons (Fsp3) is 0.304. The third-order valence-electron chi connectivity index (χ3n) is 5.43. The molecule has 5 nitrogen and oxygen atoms in total. The Morgan fingerprint density at radius 1 is 1.00 bits per heavy atom. The van der Waals surface area contributed by atoms with E-state index >= 15 is 0 Å². The molecule has 3 aromatic rings. The lowest BCUT2D eigenvalue weighted by molar-refractivity contribution is 0.0926. The molecule has 150 valence electrons. The molecular weight excluding hydrogens is 386 g/mol. The van der Waals surface area contributed by atoms with Crippen molar-refractivity contribution >= 4 is 40.0 Å². The van der Waals surface area contributed by atoms with Crippen LogP contribution in [0.2, 0.25) is 5.02 Å². The number of nitrogens with one attached hydrogen (secondary N) is 3. The second-order valence-corrected chi connectivity index (χ2v) is 8.14. The Kier molecular flexibility index (Phi) is 5.58. The van der Waals surface area contributed by atoms with Crippen molar-refractivity contribution in [1.82, 2.24) is 10.3 Å². The number of H-pyrrole nitrogens is 1. The molecule has 0 spiro atoms. The zero-order valence-electron chi connectivity index (χ0n) is 16.3. The quantitative estimate of drug-likeness (QED) is 0.536. The van der Waals surface area contributed by atoms with Gasteiger partial charge in [-0.25, -0.2) is 0 Å². The van der Waals surface area contributed by atoms with E-state index in [0.29, 0.717) is 22.0 Å². The summed E-state index contributed by atoms with van der Waals surface area (Å²) >= 11 is 6.25. The summed E-state index contributed by atoms with van der Waals surface area (Å²) in [4.78, 5) is 28.5. The average molecular weight is 410 g/mol. The van der Waals surface area contributed by atoms with E-state index in [1.165, 1.54) is 6.42 Å². The number of anilines is 1. The van der Waals surface area contributed by atoms with E-state index in [1.54, 1.807) is 18.2 Å². The van der Waals surface area contributed by atoms with Crippen molar-refractivity contribution < 1.29 is 9.59 Å². The van der Waals surface area contributed by atoms with Gasteiger partial charge in [0.2, 0.25) is 0 Å². The van der Waals surface area contributed by atoms with Gasteiger partial charge in [0.25, 0.3) is 11.8 Å². The first-order chi connectivity index (χ1) is 14.0. The SMILES string of the molecule is Cc1ccc2cc(C(=O)Nc3ccc(Cl)c(C(=O)NC4CCCCC4)c3)[nH]c2c1. The first-order valence-corrected chi connectivity index (χ1v) is 10.4. The fourth-order valence-corrected chi connectivity index (χ4v) is 4.05. The predicted octanol–water partition coefficient (Wildman–Crippen LogP) is 5.44. The molecule has 0 atom stereocenters. The van der Waals surface area contributed by atoms with Crippen LogP contribution in [0, 0.1) is 6.92 Å². The Morgan fingerprint density at radius 3 is 2.59 bits per heavy atom. The van der Waals surface area contributed by atoms with E-state index in [4.69, 9.17) is 11.6 Å². The standard InChI is InChI=1S/C23H24ClN3O2/c1-14-7-8-15-12-21(27-20(15)11-14)23(29)26-17-9-10-19(24)18(13-17)22(28)25-16-5-3-2-4-6-16/h7-13,16,27H,2-6H2,1H3,(H,25,28)(H,26,29). The highest BCUT2D eigenvalue weighted by molar-refractivity contribution is 6.34. The van der Waals surface area contributed by atoms with Gasteiger partial charge in [-0.05, 0) is 55.7 Å². The van der Waals surface area contributed by atoms with E-state index in [1.807, 2.05) is 31.2 Å². The summed E-state index contributed by atoms with van der Waals surface area (Å²) in [6, 6.07) is 13.0. The molecule has 0 unspecified atom stereocenters. The van der Waals surface area contributed by atoms with Crippen molar-refractivity contribution in [3.8, 4) is 0 Å². The third-order valence-corrected chi connectivity index (χ3v) is 5.76. The van der Waals surface area contributed by atoms with Crippen LogP contribution >= 0.6 is 11.6 Å². The minimum Gasteiger partial charge on any atom is -0.351 e. The van der Waals surface area contributed by atoms with Gasteiger partial charge < -0.3 is 15.6 Å². The summed E-state index contributed by atoms with van der Waals surface area (Å²) in [5, 5.41) is 7.27. The molecule has 0 radical (unpaired) electrons. The number of aryl methyl sites for hydroxylation is 1. The minimum absolute atomic E-state index is 0.195. The Hall–Kier alpha value is -2.79. The molecule has 0 aliphatic heterocycles. The molecule has 2 amide bonds. The Labute approximate surface area is 174 Å². The minimum atomic E-state index is -0.264. The highest BCUT2D eigenvalue weighted by Crippen LogP contribution is 2.24. The van der Waals surface area contributed by atoms with E-state index < -0.39 is 0 Å². The molecule has 1 fully saturated rings. The summed E-state index contributed by atoms with van der Waals surface area (Å²) < 4.78 is 0. The third kappa shape index (κ3) is 4.46. The Balaban J connectivity index is 1.50. The fourth-order valence-electron chi connectivity index (χ4n) is 3.85. The summed E-state index contributed by atoms with van der Waals surface area (Å²) in [6.07, 6.45) is 5.50. The molecule has 6 heteroatoms. The summed E-state index contributed by atoms with van der Waals surface area (Å²) in [5.74, 6) is -0.459. The van der Waals surface area contributed by atoms with Gasteiger partial charge in [-0.2, -0.15) is 0 Å². The Morgan fingerprint density at radius 2 is 1.79 bits per heavy atom. The van der Waals surface area contributed by atoms with Crippen molar-refractivity contribution in [1.29, 1.82) is 0 Å². The monoisotopic (exact) mass is 409 g/mol. The smallest absolute Gasteiger partial charge is 0.272 e. The lowest BCUT2D eigenvalue weighted by atomic mass is 9.95. The highest BCUT2D eigenvalue weighted by atomic mass is 35.5. The summed E-state index contributed by atoms with van der Waals surface area (Å²) in [7, 11) is 0. The largest absolute Gasteiger partial charge is 0.351 e. The molecule has 2 aromatic carbocycles. The average Bonchev–Trinajstić information content (AvgIpc) is 3.13. The molecule has 1 heterocycles. The zero-order valence-corrected chi connectivity index (χ0v) is 17.1. The van der Waals surface area contributed by atoms with Crippen molar-refractivity contribution in [2.24, 2.45) is 0 Å². The van der Waals surface area contributed by atoms with Crippen LogP contribution in [0.5, 0.6) is 0 Å². The van der Waals surface area contributed by atoms with Crippen LogP contribution in [0.4, 0.5) is 5.69 Å². The van der Waals surface area contributed by atoms with Crippen LogP contribution in [-0.2, 0) is 0 Å².